The molecule has 92 valence electrons. The normalized spacial score (nSPS) is 10.8. The summed E-state index contributed by atoms with van der Waals surface area (Å²) >= 11 is 5.61. The highest BCUT2D eigenvalue weighted by Crippen LogP contribution is 2.30. The van der Waals surface area contributed by atoms with Crippen LogP contribution in [0.25, 0.3) is 0 Å². The third kappa shape index (κ3) is 4.92. The lowest BCUT2D eigenvalue weighted by Gasteiger charge is -2.10. The van der Waals surface area contributed by atoms with Gasteiger partial charge in [0.2, 0.25) is 0 Å². The zero-order chi connectivity index (χ0) is 11.5. The van der Waals surface area contributed by atoms with E-state index in [1.54, 1.807) is 0 Å². The molecule has 0 aromatic heterocycles. The van der Waals surface area contributed by atoms with Crippen LogP contribution in [0.3, 0.4) is 0 Å². The Labute approximate surface area is 102 Å². The van der Waals surface area contributed by atoms with Crippen molar-refractivity contribution >= 4 is 24.0 Å². The molecule has 0 atom stereocenters. The summed E-state index contributed by atoms with van der Waals surface area (Å²) in [6.07, 6.45) is -4.16. The van der Waals surface area contributed by atoms with Crippen LogP contribution in [0, 0.1) is 0 Å². The van der Waals surface area contributed by atoms with Crippen molar-refractivity contribution in [2.24, 2.45) is 5.73 Å². The fourth-order valence-corrected chi connectivity index (χ4v) is 1.32. The predicted molar refractivity (Wildman–Crippen MR) is 58.1 cm³/mol. The van der Waals surface area contributed by atoms with E-state index >= 15 is 0 Å². The van der Waals surface area contributed by atoms with Crippen LogP contribution in [0.4, 0.5) is 13.2 Å². The van der Waals surface area contributed by atoms with Gasteiger partial charge in [-0.25, -0.2) is 0 Å². The molecule has 1 rings (SSSR count). The average molecular weight is 276 g/mol. The van der Waals surface area contributed by atoms with E-state index in [1.165, 1.54) is 18.2 Å². The van der Waals surface area contributed by atoms with Gasteiger partial charge in [-0.2, -0.15) is 0 Å². The fraction of sp³-hybridized carbons (Fsp3) is 0.333. The van der Waals surface area contributed by atoms with Crippen LogP contribution < -0.4 is 10.5 Å². The monoisotopic (exact) mass is 275 g/mol. The first-order valence-corrected chi connectivity index (χ1v) is 4.54. The van der Waals surface area contributed by atoms with Gasteiger partial charge in [-0.15, -0.1) is 25.6 Å². The van der Waals surface area contributed by atoms with E-state index in [2.05, 4.69) is 4.74 Å². The number of hydrogen-bond acceptors (Lipinski definition) is 2. The number of alkyl halides is 3. The Kier molecular flexibility index (Phi) is 5.92. The van der Waals surface area contributed by atoms with Gasteiger partial charge in [0.1, 0.15) is 5.75 Å². The van der Waals surface area contributed by atoms with Crippen LogP contribution in [-0.4, -0.2) is 12.9 Å². The van der Waals surface area contributed by atoms with Gasteiger partial charge in [0.25, 0.3) is 0 Å². The van der Waals surface area contributed by atoms with Crippen molar-refractivity contribution in [2.75, 3.05) is 6.54 Å². The molecule has 0 saturated heterocycles. The molecule has 16 heavy (non-hydrogen) atoms. The molecule has 0 heterocycles. The highest BCUT2D eigenvalue weighted by molar-refractivity contribution is 6.32. The second-order valence-electron chi connectivity index (χ2n) is 2.85. The lowest BCUT2D eigenvalue weighted by atomic mass is 10.1. The third-order valence-corrected chi connectivity index (χ3v) is 1.95. The zero-order valence-electron chi connectivity index (χ0n) is 8.05. The molecule has 0 amide bonds. The largest absolute Gasteiger partial charge is 0.573 e. The van der Waals surface area contributed by atoms with E-state index in [0.717, 1.165) is 5.56 Å². The average Bonchev–Trinajstić information content (AvgIpc) is 2.08. The Morgan fingerprint density at radius 1 is 1.31 bits per heavy atom. The summed E-state index contributed by atoms with van der Waals surface area (Å²) in [5, 5.41) is -0.0710. The molecular weight excluding hydrogens is 266 g/mol. The van der Waals surface area contributed by atoms with Gasteiger partial charge in [-0.3, -0.25) is 0 Å². The fourth-order valence-electron chi connectivity index (χ4n) is 1.07. The standard InChI is InChI=1S/C9H9ClF3NO.ClH/c10-7-5-6(3-4-14)1-2-8(7)15-9(11,12)13;/h1-2,5H,3-4,14H2;1H. The minimum atomic E-state index is -4.72. The molecule has 0 bridgehead atoms. The van der Waals surface area contributed by atoms with E-state index in [9.17, 15) is 13.2 Å². The third-order valence-electron chi connectivity index (χ3n) is 1.65. The maximum absolute atomic E-state index is 11.9. The smallest absolute Gasteiger partial charge is 0.404 e. The molecule has 0 aliphatic heterocycles. The van der Waals surface area contributed by atoms with Gasteiger partial charge in [0.05, 0.1) is 5.02 Å². The zero-order valence-corrected chi connectivity index (χ0v) is 9.62. The van der Waals surface area contributed by atoms with Crippen molar-refractivity contribution in [1.82, 2.24) is 0 Å². The molecular formula is C9H10Cl2F3NO. The van der Waals surface area contributed by atoms with Crippen LogP contribution in [0.1, 0.15) is 5.56 Å². The maximum atomic E-state index is 11.9. The number of benzene rings is 1. The summed E-state index contributed by atoms with van der Waals surface area (Å²) < 4.78 is 39.3. The Morgan fingerprint density at radius 2 is 1.94 bits per heavy atom. The summed E-state index contributed by atoms with van der Waals surface area (Å²) in [4.78, 5) is 0. The summed E-state index contributed by atoms with van der Waals surface area (Å²) in [6, 6.07) is 4.09. The first kappa shape index (κ1) is 15.3. The second-order valence-corrected chi connectivity index (χ2v) is 3.26. The van der Waals surface area contributed by atoms with Crippen molar-refractivity contribution in [3.8, 4) is 5.75 Å². The van der Waals surface area contributed by atoms with Gasteiger partial charge in [-0.1, -0.05) is 17.7 Å². The summed E-state index contributed by atoms with van der Waals surface area (Å²) in [6.45, 7) is 0.413. The minimum Gasteiger partial charge on any atom is -0.404 e. The molecule has 0 saturated carbocycles. The lowest BCUT2D eigenvalue weighted by Crippen LogP contribution is -2.17. The molecule has 0 unspecified atom stereocenters. The molecule has 0 aliphatic carbocycles. The van der Waals surface area contributed by atoms with E-state index in [1.807, 2.05) is 0 Å². The summed E-state index contributed by atoms with van der Waals surface area (Å²) in [5.74, 6) is -0.398. The van der Waals surface area contributed by atoms with Gasteiger partial charge in [0.15, 0.2) is 0 Å². The predicted octanol–water partition coefficient (Wildman–Crippen LogP) is 3.16. The molecule has 0 fully saturated rings. The Balaban J connectivity index is 0.00000225. The molecule has 7 heteroatoms. The minimum absolute atomic E-state index is 0. The van der Waals surface area contributed by atoms with Crippen LogP contribution in [-0.2, 0) is 6.42 Å². The van der Waals surface area contributed by atoms with Crippen LogP contribution in [0.5, 0.6) is 5.75 Å². The van der Waals surface area contributed by atoms with E-state index < -0.39 is 12.1 Å². The highest BCUT2D eigenvalue weighted by Gasteiger charge is 2.31. The molecule has 1 aromatic rings. The van der Waals surface area contributed by atoms with Crippen molar-refractivity contribution in [2.45, 2.75) is 12.8 Å². The number of ether oxygens (including phenoxy) is 1. The van der Waals surface area contributed by atoms with Crippen LogP contribution in [0.15, 0.2) is 18.2 Å². The van der Waals surface area contributed by atoms with Crippen molar-refractivity contribution in [3.63, 3.8) is 0 Å². The van der Waals surface area contributed by atoms with E-state index in [-0.39, 0.29) is 17.4 Å². The van der Waals surface area contributed by atoms with Crippen molar-refractivity contribution < 1.29 is 17.9 Å². The molecule has 1 aromatic carbocycles. The molecule has 0 radical (unpaired) electrons. The number of rotatable bonds is 3. The Hall–Kier alpha value is -0.650. The first-order valence-electron chi connectivity index (χ1n) is 4.16. The molecule has 2 N–H and O–H groups in total. The number of nitrogens with two attached hydrogens (primary N) is 1. The van der Waals surface area contributed by atoms with E-state index in [4.69, 9.17) is 17.3 Å². The molecule has 2 nitrogen and oxygen atoms in total. The topological polar surface area (TPSA) is 35.2 Å². The highest BCUT2D eigenvalue weighted by atomic mass is 35.5. The Bertz CT molecular complexity index is 344. The first-order chi connectivity index (χ1) is 6.92. The van der Waals surface area contributed by atoms with Gasteiger partial charge in [-0.05, 0) is 30.7 Å². The number of halogens is 5. The Morgan fingerprint density at radius 3 is 2.38 bits per heavy atom. The summed E-state index contributed by atoms with van der Waals surface area (Å²) in [7, 11) is 0. The van der Waals surface area contributed by atoms with Crippen LogP contribution in [0.2, 0.25) is 5.02 Å². The second kappa shape index (κ2) is 6.18. The number of hydrogen-bond donors (Lipinski definition) is 1. The van der Waals surface area contributed by atoms with Crippen LogP contribution >= 0.6 is 24.0 Å². The van der Waals surface area contributed by atoms with Crippen molar-refractivity contribution in [1.29, 1.82) is 0 Å². The lowest BCUT2D eigenvalue weighted by molar-refractivity contribution is -0.274. The van der Waals surface area contributed by atoms with E-state index in [0.29, 0.717) is 13.0 Å². The van der Waals surface area contributed by atoms with Crippen molar-refractivity contribution in [3.05, 3.63) is 28.8 Å². The molecule has 0 aliphatic rings. The maximum Gasteiger partial charge on any atom is 0.573 e. The summed E-state index contributed by atoms with van der Waals surface area (Å²) in [5.41, 5.74) is 6.07. The van der Waals surface area contributed by atoms with Gasteiger partial charge < -0.3 is 10.5 Å². The quantitative estimate of drug-likeness (QED) is 0.920. The van der Waals surface area contributed by atoms with Gasteiger partial charge >= 0.3 is 6.36 Å². The molecule has 0 spiro atoms. The van der Waals surface area contributed by atoms with Gasteiger partial charge in [0, 0.05) is 0 Å². The SMILES string of the molecule is Cl.NCCc1ccc(OC(F)(F)F)c(Cl)c1.